The Balaban J connectivity index is 0.000000616. The van der Waals surface area contributed by atoms with E-state index >= 15 is 4.39 Å². The Kier molecular flexibility index (Phi) is 10.6. The van der Waals surface area contributed by atoms with Crippen LogP contribution in [0.1, 0.15) is 42.6 Å². The number of hydrogen-bond donors (Lipinski definition) is 1. The molecule has 0 spiro atoms. The van der Waals surface area contributed by atoms with Gasteiger partial charge in [-0.3, -0.25) is 4.90 Å². The highest BCUT2D eigenvalue weighted by atomic mass is 32.2. The lowest BCUT2D eigenvalue weighted by atomic mass is 9.98. The van der Waals surface area contributed by atoms with Gasteiger partial charge in [0.2, 0.25) is 15.8 Å². The molecule has 0 amide bonds. The van der Waals surface area contributed by atoms with E-state index in [0.29, 0.717) is 11.7 Å². The van der Waals surface area contributed by atoms with Crippen LogP contribution < -0.4 is 4.90 Å². The Morgan fingerprint density at radius 3 is 2.24 bits per heavy atom. The first-order valence-electron chi connectivity index (χ1n) is 12.9. The van der Waals surface area contributed by atoms with Crippen molar-refractivity contribution in [2.45, 2.75) is 55.7 Å². The van der Waals surface area contributed by atoms with Crippen LogP contribution in [0.3, 0.4) is 0 Å². The highest BCUT2D eigenvalue weighted by Crippen LogP contribution is 2.31. The van der Waals surface area contributed by atoms with E-state index in [1.165, 1.54) is 23.9 Å². The smallest absolute Gasteiger partial charge is 0.475 e. The number of nitrogens with zero attached hydrogens (tertiary/aromatic N) is 4. The summed E-state index contributed by atoms with van der Waals surface area (Å²) >= 11 is 0. The third-order valence-corrected chi connectivity index (χ3v) is 8.66. The largest absolute Gasteiger partial charge is 0.490 e. The summed E-state index contributed by atoms with van der Waals surface area (Å²) in [6.45, 7) is 5.59. The fourth-order valence-corrected chi connectivity index (χ4v) is 6.04. The molecule has 4 rings (SSSR count). The number of carbonyl (C=O) groups is 1. The number of rotatable bonds is 7. The van der Waals surface area contributed by atoms with E-state index < -0.39 is 44.5 Å². The third-order valence-electron chi connectivity index (χ3n) is 7.11. The highest BCUT2D eigenvalue weighted by Gasteiger charge is 2.38. The van der Waals surface area contributed by atoms with E-state index in [1.54, 1.807) is 6.92 Å². The second kappa shape index (κ2) is 13.6. The number of likely N-dealkylation sites (tertiary alicyclic amines) is 1. The topological polar surface area (TPSA) is 104 Å². The zero-order valence-electron chi connectivity index (χ0n) is 23.1. The number of carboxylic acid groups (broad SMARTS) is 1. The predicted molar refractivity (Wildman–Crippen MR) is 146 cm³/mol. The summed E-state index contributed by atoms with van der Waals surface area (Å²) in [7, 11) is -2.24. The molecule has 3 aromatic rings. The monoisotopic (exact) mass is 614 g/mol. The zero-order valence-corrected chi connectivity index (χ0v) is 24.0. The van der Waals surface area contributed by atoms with Gasteiger partial charge in [0, 0.05) is 37.8 Å². The van der Waals surface area contributed by atoms with E-state index in [0.717, 1.165) is 32.0 Å². The number of anilines is 1. The number of carboxylic acids is 1. The zero-order chi connectivity index (χ0) is 31.2. The lowest BCUT2D eigenvalue weighted by Gasteiger charge is -2.40. The Morgan fingerprint density at radius 2 is 1.69 bits per heavy atom. The number of hydrogen-bond acceptors (Lipinski definition) is 7. The van der Waals surface area contributed by atoms with E-state index in [2.05, 4.69) is 46.1 Å². The fourth-order valence-electron chi connectivity index (χ4n) is 4.71. The van der Waals surface area contributed by atoms with Crippen molar-refractivity contribution in [2.75, 3.05) is 25.0 Å². The number of benzene rings is 1. The quantitative estimate of drug-likeness (QED) is 0.281. The molecule has 1 aromatic carbocycles. The first-order valence-corrected chi connectivity index (χ1v) is 14.6. The van der Waals surface area contributed by atoms with E-state index in [9.17, 15) is 26.0 Å². The first kappa shape index (κ1) is 32.9. The lowest BCUT2D eigenvalue weighted by Crippen LogP contribution is -2.44. The summed E-state index contributed by atoms with van der Waals surface area (Å²) in [4.78, 5) is 20.9. The van der Waals surface area contributed by atoms with Crippen LogP contribution in [0.25, 0.3) is 0 Å². The second-order valence-electron chi connectivity index (χ2n) is 9.87. The van der Waals surface area contributed by atoms with Gasteiger partial charge >= 0.3 is 12.1 Å². The molecule has 14 heteroatoms. The van der Waals surface area contributed by atoms with Crippen molar-refractivity contribution in [2.24, 2.45) is 0 Å². The molecule has 8 nitrogen and oxygen atoms in total. The maximum absolute atomic E-state index is 15.3. The molecule has 0 unspecified atom stereocenters. The number of sulfone groups is 1. The minimum absolute atomic E-state index is 0.00142. The molecule has 0 bridgehead atoms. The number of halogens is 5. The average molecular weight is 615 g/mol. The van der Waals surface area contributed by atoms with Gasteiger partial charge in [0.15, 0.2) is 10.8 Å². The maximum Gasteiger partial charge on any atom is 0.490 e. The molecular formula is C28H31F5N4O4S. The van der Waals surface area contributed by atoms with E-state index in [4.69, 9.17) is 9.90 Å². The lowest BCUT2D eigenvalue weighted by molar-refractivity contribution is -0.192. The number of piperidine rings is 1. The van der Waals surface area contributed by atoms with Crippen LogP contribution >= 0.6 is 0 Å². The van der Waals surface area contributed by atoms with Crippen molar-refractivity contribution in [1.82, 2.24) is 14.9 Å². The molecule has 1 aliphatic rings. The highest BCUT2D eigenvalue weighted by molar-refractivity contribution is 7.90. The van der Waals surface area contributed by atoms with Crippen LogP contribution in [0.5, 0.6) is 0 Å². The van der Waals surface area contributed by atoms with Gasteiger partial charge in [0.1, 0.15) is 0 Å². The van der Waals surface area contributed by atoms with Crippen LogP contribution in [0.15, 0.2) is 59.8 Å². The first-order chi connectivity index (χ1) is 19.6. The van der Waals surface area contributed by atoms with Crippen LogP contribution in [-0.2, 0) is 20.4 Å². The molecule has 1 saturated heterocycles. The summed E-state index contributed by atoms with van der Waals surface area (Å²) in [6, 6.07) is 14.8. The van der Waals surface area contributed by atoms with Gasteiger partial charge in [-0.1, -0.05) is 36.4 Å². The third kappa shape index (κ3) is 8.22. The minimum atomic E-state index is -5.08. The summed E-state index contributed by atoms with van der Waals surface area (Å²) in [6.07, 6.45) is -1.86. The summed E-state index contributed by atoms with van der Waals surface area (Å²) in [5.41, 5.74) is 2.08. The van der Waals surface area contributed by atoms with Gasteiger partial charge in [-0.25, -0.2) is 27.6 Å². The summed E-state index contributed by atoms with van der Waals surface area (Å²) in [5, 5.41) is 6.49. The fraction of sp³-hybridized carbons (Fsp3) is 0.393. The van der Waals surface area contributed by atoms with Crippen molar-refractivity contribution in [3.63, 3.8) is 0 Å². The van der Waals surface area contributed by atoms with Gasteiger partial charge in [-0.15, -0.1) is 0 Å². The molecule has 1 N–H and O–H groups in total. The van der Waals surface area contributed by atoms with Gasteiger partial charge < -0.3 is 10.0 Å². The summed E-state index contributed by atoms with van der Waals surface area (Å²) < 4.78 is 85.9. The van der Waals surface area contributed by atoms with Gasteiger partial charge in [0.25, 0.3) is 0 Å². The predicted octanol–water partition coefficient (Wildman–Crippen LogP) is 5.33. The van der Waals surface area contributed by atoms with Crippen molar-refractivity contribution >= 4 is 21.5 Å². The Bertz CT molecular complexity index is 1480. The molecule has 42 heavy (non-hydrogen) atoms. The summed E-state index contributed by atoms with van der Waals surface area (Å²) in [5.74, 6) is -5.04. The number of alkyl halides is 3. The Morgan fingerprint density at radius 1 is 1.10 bits per heavy atom. The average Bonchev–Trinajstić information content (AvgIpc) is 2.94. The van der Waals surface area contributed by atoms with Crippen molar-refractivity contribution in [3.05, 3.63) is 83.3 Å². The Hall–Kier alpha value is -3.65. The van der Waals surface area contributed by atoms with Crippen LogP contribution in [0.2, 0.25) is 0 Å². The molecule has 1 fully saturated rings. The Labute approximate surface area is 240 Å². The molecule has 0 saturated carbocycles. The van der Waals surface area contributed by atoms with Gasteiger partial charge in [-0.05, 0) is 44.4 Å². The maximum atomic E-state index is 15.3. The number of aliphatic carboxylic acids is 1. The van der Waals surface area contributed by atoms with Crippen LogP contribution in [-0.4, -0.2) is 66.7 Å². The molecule has 3 heterocycles. The standard InChI is InChI=1S/C26H30F2N4O2S.C2HF3O2/c1-18-23(16-29-26(25(18)28)35(33,34)17-21-10-7-11-24(27)30-21)31(3)22-12-14-32(15-13-22)19(2)20-8-5-4-6-9-20;3-2(4,5)1(6)7/h4-11,16,19,22H,12-15,17H2,1-3H3;(H,6,7)/t19-;/m1./s1. The molecule has 1 aliphatic heterocycles. The van der Waals surface area contributed by atoms with Crippen molar-refractivity contribution in [1.29, 1.82) is 0 Å². The second-order valence-corrected chi connectivity index (χ2v) is 11.8. The van der Waals surface area contributed by atoms with Crippen LogP contribution in [0.4, 0.5) is 27.6 Å². The van der Waals surface area contributed by atoms with E-state index in [-0.39, 0.29) is 17.3 Å². The van der Waals surface area contributed by atoms with E-state index in [1.807, 2.05) is 18.0 Å². The van der Waals surface area contributed by atoms with Gasteiger partial charge in [-0.2, -0.15) is 17.6 Å². The molecular weight excluding hydrogens is 583 g/mol. The van der Waals surface area contributed by atoms with Crippen molar-refractivity contribution < 1.29 is 40.3 Å². The van der Waals surface area contributed by atoms with Gasteiger partial charge in [0.05, 0.1) is 23.3 Å². The van der Waals surface area contributed by atoms with Crippen molar-refractivity contribution in [3.8, 4) is 0 Å². The molecule has 1 atom stereocenters. The molecule has 228 valence electrons. The number of aromatic nitrogens is 2. The molecule has 2 aromatic heterocycles. The molecule has 0 aliphatic carbocycles. The SMILES string of the molecule is Cc1c(N(C)C2CCN([C@H](C)c3ccccc3)CC2)cnc(S(=O)(=O)Cc2cccc(F)n2)c1F.O=C(O)C(F)(F)F. The molecule has 0 radical (unpaired) electrons. The van der Waals surface area contributed by atoms with Crippen LogP contribution in [0, 0.1) is 18.7 Å². The number of pyridine rings is 2. The normalized spacial score (nSPS) is 15.4. The minimum Gasteiger partial charge on any atom is -0.475 e.